The van der Waals surface area contributed by atoms with Crippen LogP contribution in [0.1, 0.15) is 32.9 Å². The fourth-order valence-corrected chi connectivity index (χ4v) is 2.30. The van der Waals surface area contributed by atoms with Crippen molar-refractivity contribution in [2.24, 2.45) is 7.05 Å². The van der Waals surface area contributed by atoms with Gasteiger partial charge in [-0.25, -0.2) is 4.57 Å². The summed E-state index contributed by atoms with van der Waals surface area (Å²) in [4.78, 5) is 11.8. The van der Waals surface area contributed by atoms with Crippen LogP contribution in [0.2, 0.25) is 0 Å². The van der Waals surface area contributed by atoms with Crippen molar-refractivity contribution in [1.82, 2.24) is 0 Å². The SMILES string of the molecule is C[n+]1ccc2ccccc2c1CCC(=O)OC(C)(C)C. The molecule has 0 N–H and O–H groups in total. The van der Waals surface area contributed by atoms with E-state index < -0.39 is 5.60 Å². The predicted octanol–water partition coefficient (Wildman–Crippen LogP) is 2.94. The number of carbonyl (C=O) groups excluding carboxylic acids is 1. The zero-order valence-corrected chi connectivity index (χ0v) is 12.6. The van der Waals surface area contributed by atoms with Gasteiger partial charge in [-0.2, -0.15) is 0 Å². The summed E-state index contributed by atoms with van der Waals surface area (Å²) in [6, 6.07) is 10.3. The van der Waals surface area contributed by atoms with Gasteiger partial charge in [0.25, 0.3) is 0 Å². The molecule has 0 saturated heterocycles. The zero-order chi connectivity index (χ0) is 14.8. The Bertz CT molecular complexity index is 626. The predicted molar refractivity (Wildman–Crippen MR) is 79.3 cm³/mol. The molecule has 0 radical (unpaired) electrons. The van der Waals surface area contributed by atoms with Crippen molar-refractivity contribution in [3.63, 3.8) is 0 Å². The van der Waals surface area contributed by atoms with Gasteiger partial charge in [0.05, 0.1) is 6.42 Å². The molecule has 0 amide bonds. The third kappa shape index (κ3) is 3.56. The van der Waals surface area contributed by atoms with Gasteiger partial charge in [-0.3, -0.25) is 4.79 Å². The number of benzene rings is 1. The van der Waals surface area contributed by atoms with E-state index in [4.69, 9.17) is 4.74 Å². The van der Waals surface area contributed by atoms with Crippen LogP contribution in [0.25, 0.3) is 10.8 Å². The molecule has 0 aliphatic rings. The monoisotopic (exact) mass is 272 g/mol. The molecular weight excluding hydrogens is 250 g/mol. The lowest BCUT2D eigenvalue weighted by molar-refractivity contribution is -0.677. The molecule has 3 heteroatoms. The lowest BCUT2D eigenvalue weighted by atomic mass is 10.1. The van der Waals surface area contributed by atoms with Crippen LogP contribution in [-0.4, -0.2) is 11.6 Å². The number of rotatable bonds is 3. The van der Waals surface area contributed by atoms with Crippen LogP contribution >= 0.6 is 0 Å². The number of aryl methyl sites for hydroxylation is 2. The van der Waals surface area contributed by atoms with Crippen molar-refractivity contribution in [3.8, 4) is 0 Å². The minimum Gasteiger partial charge on any atom is -0.460 e. The molecule has 1 aromatic carbocycles. The van der Waals surface area contributed by atoms with Gasteiger partial charge in [-0.1, -0.05) is 18.2 Å². The minimum atomic E-state index is -0.419. The maximum atomic E-state index is 11.8. The fraction of sp³-hybridized carbons (Fsp3) is 0.412. The van der Waals surface area contributed by atoms with Crippen LogP contribution in [0.5, 0.6) is 0 Å². The van der Waals surface area contributed by atoms with Crippen molar-refractivity contribution >= 4 is 16.7 Å². The number of carbonyl (C=O) groups is 1. The first-order valence-electron chi connectivity index (χ1n) is 6.95. The third-order valence-electron chi connectivity index (χ3n) is 3.16. The number of pyridine rings is 1. The Morgan fingerprint density at radius 1 is 1.20 bits per heavy atom. The molecule has 0 bridgehead atoms. The number of hydrogen-bond acceptors (Lipinski definition) is 2. The van der Waals surface area contributed by atoms with Crippen molar-refractivity contribution in [3.05, 3.63) is 42.2 Å². The molecule has 2 rings (SSSR count). The second-order valence-electron chi connectivity index (χ2n) is 6.05. The zero-order valence-electron chi connectivity index (χ0n) is 12.6. The van der Waals surface area contributed by atoms with E-state index in [1.54, 1.807) is 0 Å². The van der Waals surface area contributed by atoms with Gasteiger partial charge >= 0.3 is 5.97 Å². The number of nitrogens with zero attached hydrogens (tertiary/aromatic N) is 1. The molecule has 0 unspecified atom stereocenters. The standard InChI is InChI=1S/C17H22NO2/c1-17(2,3)20-16(19)10-9-15-14-8-6-5-7-13(14)11-12-18(15)4/h5-8,11-12H,9-10H2,1-4H3/q+1. The molecule has 0 spiro atoms. The van der Waals surface area contributed by atoms with E-state index in [-0.39, 0.29) is 5.97 Å². The summed E-state index contributed by atoms with van der Waals surface area (Å²) in [6.45, 7) is 5.68. The topological polar surface area (TPSA) is 30.2 Å². The Labute approximate surface area is 120 Å². The number of hydrogen-bond donors (Lipinski definition) is 0. The highest BCUT2D eigenvalue weighted by Crippen LogP contribution is 2.17. The smallest absolute Gasteiger partial charge is 0.306 e. The maximum Gasteiger partial charge on any atom is 0.306 e. The van der Waals surface area contributed by atoms with Crippen LogP contribution in [0, 0.1) is 0 Å². The normalized spacial score (nSPS) is 11.6. The second-order valence-corrected chi connectivity index (χ2v) is 6.05. The molecule has 1 aromatic heterocycles. The van der Waals surface area contributed by atoms with Crippen LogP contribution in [0.15, 0.2) is 36.5 Å². The highest BCUT2D eigenvalue weighted by molar-refractivity contribution is 5.83. The molecule has 2 aromatic rings. The quantitative estimate of drug-likeness (QED) is 0.635. The van der Waals surface area contributed by atoms with Crippen molar-refractivity contribution in [2.75, 3.05) is 0 Å². The molecular formula is C17H22NO2+. The summed E-state index contributed by atoms with van der Waals surface area (Å²) < 4.78 is 7.44. The van der Waals surface area contributed by atoms with Crippen molar-refractivity contribution in [1.29, 1.82) is 0 Å². The molecule has 1 heterocycles. The fourth-order valence-electron chi connectivity index (χ4n) is 2.30. The number of esters is 1. The van der Waals surface area contributed by atoms with Gasteiger partial charge in [0.15, 0.2) is 11.9 Å². The first-order chi connectivity index (χ1) is 9.37. The van der Waals surface area contributed by atoms with Crippen molar-refractivity contribution < 1.29 is 14.1 Å². The number of fused-ring (bicyclic) bond motifs is 1. The van der Waals surface area contributed by atoms with Gasteiger partial charge in [0.1, 0.15) is 12.6 Å². The van der Waals surface area contributed by atoms with Gasteiger partial charge < -0.3 is 4.74 Å². The van der Waals surface area contributed by atoms with Crippen molar-refractivity contribution in [2.45, 2.75) is 39.2 Å². The first kappa shape index (κ1) is 14.5. The molecule has 20 heavy (non-hydrogen) atoms. The Morgan fingerprint density at radius 3 is 2.60 bits per heavy atom. The van der Waals surface area contributed by atoms with Gasteiger partial charge in [0, 0.05) is 17.9 Å². The minimum absolute atomic E-state index is 0.148. The Kier molecular flexibility index (Phi) is 4.07. The first-order valence-corrected chi connectivity index (χ1v) is 6.95. The van der Waals surface area contributed by atoms with Gasteiger partial charge in [0.2, 0.25) is 0 Å². The average molecular weight is 272 g/mol. The van der Waals surface area contributed by atoms with E-state index >= 15 is 0 Å². The third-order valence-corrected chi connectivity index (χ3v) is 3.16. The summed E-state index contributed by atoms with van der Waals surface area (Å²) >= 11 is 0. The molecule has 0 aliphatic heterocycles. The maximum absolute atomic E-state index is 11.8. The van der Waals surface area contributed by atoms with Crippen LogP contribution in [0.4, 0.5) is 0 Å². The molecule has 106 valence electrons. The molecule has 3 nitrogen and oxygen atoms in total. The summed E-state index contributed by atoms with van der Waals surface area (Å²) in [6.07, 6.45) is 3.12. The molecule has 0 saturated carbocycles. The van der Waals surface area contributed by atoms with E-state index in [9.17, 15) is 4.79 Å². The van der Waals surface area contributed by atoms with E-state index in [2.05, 4.69) is 22.8 Å². The Morgan fingerprint density at radius 2 is 1.90 bits per heavy atom. The van der Waals surface area contributed by atoms with Crippen LogP contribution in [0.3, 0.4) is 0 Å². The van der Waals surface area contributed by atoms with Crippen LogP contribution < -0.4 is 4.57 Å². The second kappa shape index (κ2) is 5.61. The summed E-state index contributed by atoms with van der Waals surface area (Å²) in [7, 11) is 2.01. The van der Waals surface area contributed by atoms with Gasteiger partial charge in [-0.15, -0.1) is 0 Å². The average Bonchev–Trinajstić information content (AvgIpc) is 2.35. The summed E-state index contributed by atoms with van der Waals surface area (Å²) in [5.74, 6) is -0.148. The van der Waals surface area contributed by atoms with Gasteiger partial charge in [-0.05, 0) is 32.2 Å². The number of ether oxygens (including phenoxy) is 1. The Balaban J connectivity index is 2.18. The van der Waals surface area contributed by atoms with E-state index in [1.165, 1.54) is 10.8 Å². The summed E-state index contributed by atoms with van der Waals surface area (Å²) in [5.41, 5.74) is 0.742. The van der Waals surface area contributed by atoms with Crippen LogP contribution in [-0.2, 0) is 23.0 Å². The van der Waals surface area contributed by atoms with E-state index in [0.29, 0.717) is 12.8 Å². The number of aromatic nitrogens is 1. The van der Waals surface area contributed by atoms with E-state index in [0.717, 1.165) is 5.69 Å². The largest absolute Gasteiger partial charge is 0.460 e. The highest BCUT2D eigenvalue weighted by atomic mass is 16.6. The lowest BCUT2D eigenvalue weighted by Crippen LogP contribution is -2.34. The highest BCUT2D eigenvalue weighted by Gasteiger charge is 2.19. The lowest BCUT2D eigenvalue weighted by Gasteiger charge is -2.19. The molecule has 0 aliphatic carbocycles. The van der Waals surface area contributed by atoms with E-state index in [1.807, 2.05) is 46.1 Å². The summed E-state index contributed by atoms with van der Waals surface area (Å²) in [5, 5.41) is 2.39. The molecule has 0 atom stereocenters. The molecule has 0 fully saturated rings. The Hall–Kier alpha value is -1.90.